The van der Waals surface area contributed by atoms with Crippen LogP contribution in [0.15, 0.2) is 41.4 Å². The number of nitrogen functional groups attached to an aromatic ring is 1. The number of anilines is 2. The summed E-state index contributed by atoms with van der Waals surface area (Å²) in [6.45, 7) is 0.680. The Morgan fingerprint density at radius 1 is 1.22 bits per heavy atom. The zero-order chi connectivity index (χ0) is 12.4. The Bertz CT molecular complexity index is 664. The fourth-order valence-electron chi connectivity index (χ4n) is 1.84. The lowest BCUT2D eigenvalue weighted by Gasteiger charge is -2.10. The van der Waals surface area contributed by atoms with Gasteiger partial charge in [-0.1, -0.05) is 0 Å². The number of nitrogens with two attached hydrogens (primary N) is 1. The summed E-state index contributed by atoms with van der Waals surface area (Å²) in [5.41, 5.74) is 11.5. The second-order valence-electron chi connectivity index (χ2n) is 3.93. The SMILES string of the molecule is Nc1c(NCc2cscn2)ccc2ncccc12. The second kappa shape index (κ2) is 4.62. The maximum atomic E-state index is 6.14. The molecule has 0 aliphatic carbocycles. The zero-order valence-electron chi connectivity index (χ0n) is 9.63. The van der Waals surface area contributed by atoms with E-state index in [4.69, 9.17) is 5.73 Å². The van der Waals surface area contributed by atoms with Gasteiger partial charge in [0.25, 0.3) is 0 Å². The molecule has 0 saturated carbocycles. The van der Waals surface area contributed by atoms with Gasteiger partial charge in [0.05, 0.1) is 34.6 Å². The Hall–Kier alpha value is -2.14. The number of benzene rings is 1. The fraction of sp³-hybridized carbons (Fsp3) is 0.0769. The van der Waals surface area contributed by atoms with Gasteiger partial charge >= 0.3 is 0 Å². The lowest BCUT2D eigenvalue weighted by atomic mass is 10.1. The standard InChI is InChI=1S/C13H12N4S/c14-13-10-2-1-5-15-11(10)3-4-12(13)16-6-9-7-18-8-17-9/h1-5,7-8,16H,6,14H2. The van der Waals surface area contributed by atoms with E-state index >= 15 is 0 Å². The molecular formula is C13H12N4S. The zero-order valence-corrected chi connectivity index (χ0v) is 10.4. The van der Waals surface area contributed by atoms with Crippen molar-refractivity contribution >= 4 is 33.6 Å². The molecule has 3 rings (SSSR count). The van der Waals surface area contributed by atoms with Crippen LogP contribution in [0, 0.1) is 0 Å². The van der Waals surface area contributed by atoms with E-state index in [1.807, 2.05) is 35.2 Å². The lowest BCUT2D eigenvalue weighted by molar-refractivity contribution is 1.08. The Morgan fingerprint density at radius 2 is 2.17 bits per heavy atom. The van der Waals surface area contributed by atoms with Crippen LogP contribution < -0.4 is 11.1 Å². The predicted molar refractivity (Wildman–Crippen MR) is 75.6 cm³/mol. The summed E-state index contributed by atoms with van der Waals surface area (Å²) in [6, 6.07) is 7.79. The van der Waals surface area contributed by atoms with Crippen LogP contribution in [-0.2, 0) is 6.54 Å². The van der Waals surface area contributed by atoms with E-state index in [2.05, 4.69) is 15.3 Å². The van der Waals surface area contributed by atoms with E-state index in [1.165, 1.54) is 0 Å². The van der Waals surface area contributed by atoms with Gasteiger partial charge in [-0.25, -0.2) is 4.98 Å². The third-order valence-electron chi connectivity index (χ3n) is 2.77. The number of nitrogens with one attached hydrogen (secondary N) is 1. The van der Waals surface area contributed by atoms with Crippen molar-refractivity contribution in [2.75, 3.05) is 11.1 Å². The number of hydrogen-bond donors (Lipinski definition) is 2. The molecular weight excluding hydrogens is 244 g/mol. The van der Waals surface area contributed by atoms with Gasteiger partial charge in [0.1, 0.15) is 0 Å². The predicted octanol–water partition coefficient (Wildman–Crippen LogP) is 2.89. The molecule has 2 aromatic heterocycles. The van der Waals surface area contributed by atoms with Gasteiger partial charge in [-0.15, -0.1) is 11.3 Å². The molecule has 0 spiro atoms. The maximum Gasteiger partial charge on any atom is 0.0795 e. The summed E-state index contributed by atoms with van der Waals surface area (Å²) in [4.78, 5) is 8.50. The quantitative estimate of drug-likeness (QED) is 0.707. The van der Waals surface area contributed by atoms with Gasteiger partial charge < -0.3 is 11.1 Å². The number of aromatic nitrogens is 2. The van der Waals surface area contributed by atoms with Crippen LogP contribution in [0.25, 0.3) is 10.9 Å². The molecule has 0 unspecified atom stereocenters. The first-order valence-electron chi connectivity index (χ1n) is 5.59. The van der Waals surface area contributed by atoms with E-state index in [-0.39, 0.29) is 0 Å². The first-order valence-corrected chi connectivity index (χ1v) is 6.53. The largest absolute Gasteiger partial charge is 0.397 e. The van der Waals surface area contributed by atoms with Crippen LogP contribution in [0.1, 0.15) is 5.69 Å². The van der Waals surface area contributed by atoms with Crippen LogP contribution in [-0.4, -0.2) is 9.97 Å². The van der Waals surface area contributed by atoms with Crippen molar-refractivity contribution in [3.63, 3.8) is 0 Å². The fourth-order valence-corrected chi connectivity index (χ4v) is 2.40. The number of nitrogens with zero attached hydrogens (tertiary/aromatic N) is 2. The molecule has 0 atom stereocenters. The number of fused-ring (bicyclic) bond motifs is 1. The molecule has 90 valence electrons. The third kappa shape index (κ3) is 2.00. The van der Waals surface area contributed by atoms with Crippen LogP contribution >= 0.6 is 11.3 Å². The Labute approximate surface area is 109 Å². The van der Waals surface area contributed by atoms with Crippen molar-refractivity contribution in [3.8, 4) is 0 Å². The van der Waals surface area contributed by atoms with Crippen molar-refractivity contribution in [3.05, 3.63) is 47.0 Å². The van der Waals surface area contributed by atoms with Gasteiger partial charge in [-0.2, -0.15) is 0 Å². The van der Waals surface area contributed by atoms with Crippen molar-refractivity contribution < 1.29 is 0 Å². The van der Waals surface area contributed by atoms with Crippen molar-refractivity contribution in [1.82, 2.24) is 9.97 Å². The molecule has 0 amide bonds. The monoisotopic (exact) mass is 256 g/mol. The lowest BCUT2D eigenvalue weighted by Crippen LogP contribution is -2.03. The summed E-state index contributed by atoms with van der Waals surface area (Å²) in [5, 5.41) is 6.29. The van der Waals surface area contributed by atoms with E-state index in [1.54, 1.807) is 17.5 Å². The summed E-state index contributed by atoms with van der Waals surface area (Å²) in [7, 11) is 0. The third-order valence-corrected chi connectivity index (χ3v) is 3.41. The minimum Gasteiger partial charge on any atom is -0.397 e. The normalized spacial score (nSPS) is 10.7. The molecule has 0 bridgehead atoms. The van der Waals surface area contributed by atoms with E-state index in [9.17, 15) is 0 Å². The van der Waals surface area contributed by atoms with Gasteiger partial charge in [0.2, 0.25) is 0 Å². The number of hydrogen-bond acceptors (Lipinski definition) is 5. The highest BCUT2D eigenvalue weighted by Crippen LogP contribution is 2.27. The molecule has 0 aliphatic heterocycles. The molecule has 18 heavy (non-hydrogen) atoms. The number of thiazole rings is 1. The number of rotatable bonds is 3. The molecule has 0 saturated heterocycles. The average Bonchev–Trinajstić information content (AvgIpc) is 2.91. The highest BCUT2D eigenvalue weighted by atomic mass is 32.1. The highest BCUT2D eigenvalue weighted by Gasteiger charge is 2.04. The molecule has 0 aliphatic rings. The van der Waals surface area contributed by atoms with Crippen molar-refractivity contribution in [2.24, 2.45) is 0 Å². The molecule has 0 radical (unpaired) electrons. The Kier molecular flexibility index (Phi) is 2.82. The van der Waals surface area contributed by atoms with Gasteiger partial charge in [-0.05, 0) is 24.3 Å². The van der Waals surface area contributed by atoms with Gasteiger partial charge in [-0.3, -0.25) is 4.98 Å². The summed E-state index contributed by atoms with van der Waals surface area (Å²) in [6.07, 6.45) is 1.77. The summed E-state index contributed by atoms with van der Waals surface area (Å²) >= 11 is 1.59. The molecule has 0 fully saturated rings. The highest BCUT2D eigenvalue weighted by molar-refractivity contribution is 7.07. The second-order valence-corrected chi connectivity index (χ2v) is 4.65. The van der Waals surface area contributed by atoms with Gasteiger partial charge in [0.15, 0.2) is 0 Å². The van der Waals surface area contributed by atoms with Crippen LogP contribution in [0.3, 0.4) is 0 Å². The van der Waals surface area contributed by atoms with Crippen molar-refractivity contribution in [2.45, 2.75) is 6.54 Å². The molecule has 3 N–H and O–H groups in total. The molecule has 2 heterocycles. The Balaban J connectivity index is 1.90. The number of pyridine rings is 1. The first-order chi connectivity index (χ1) is 8.84. The van der Waals surface area contributed by atoms with Crippen LogP contribution in [0.5, 0.6) is 0 Å². The van der Waals surface area contributed by atoms with E-state index in [0.29, 0.717) is 6.54 Å². The topological polar surface area (TPSA) is 63.8 Å². The molecule has 3 aromatic rings. The minimum atomic E-state index is 0.680. The Morgan fingerprint density at radius 3 is 3.00 bits per heavy atom. The van der Waals surface area contributed by atoms with Gasteiger partial charge in [0, 0.05) is 17.0 Å². The van der Waals surface area contributed by atoms with E-state index < -0.39 is 0 Å². The molecule has 1 aromatic carbocycles. The molecule has 5 heteroatoms. The van der Waals surface area contributed by atoms with Crippen molar-refractivity contribution in [1.29, 1.82) is 0 Å². The van der Waals surface area contributed by atoms with E-state index in [0.717, 1.165) is 28.0 Å². The summed E-state index contributed by atoms with van der Waals surface area (Å²) in [5.74, 6) is 0. The smallest absolute Gasteiger partial charge is 0.0795 e. The average molecular weight is 256 g/mol. The minimum absolute atomic E-state index is 0.680. The van der Waals surface area contributed by atoms with Crippen LogP contribution in [0.2, 0.25) is 0 Å². The summed E-state index contributed by atoms with van der Waals surface area (Å²) < 4.78 is 0. The van der Waals surface area contributed by atoms with Crippen LogP contribution in [0.4, 0.5) is 11.4 Å². The molecule has 4 nitrogen and oxygen atoms in total. The maximum absolute atomic E-state index is 6.14. The first kappa shape index (κ1) is 11.0.